The number of nitrogens with zero attached hydrogens (tertiary/aromatic N) is 2. The van der Waals surface area contributed by atoms with Gasteiger partial charge in [0.15, 0.2) is 0 Å². The van der Waals surface area contributed by atoms with E-state index in [1.165, 1.54) is 16.9 Å². The average Bonchev–Trinajstić information content (AvgIpc) is 3.48. The first-order chi connectivity index (χ1) is 20.1. The molecule has 2 fully saturated rings. The minimum Gasteiger partial charge on any atom is -0.469 e. The summed E-state index contributed by atoms with van der Waals surface area (Å²) in [5, 5.41) is 0. The standard InChI is InChI=1S/C30H30N2O10/c1-17-20(24(33)38-2)23(19-14-10-7-11-15-19)32-27(36)29(28(37)41-5)21(25(34)39-3)22(26(35)40-4)30(32,42-29)31(17)16-18-12-8-6-9-13-18/h6-15,21-23H,16H2,1-5H3/t21-,22+,23?,29+,30+/m1/s1. The van der Waals surface area contributed by atoms with Crippen LogP contribution in [-0.4, -0.2) is 79.5 Å². The van der Waals surface area contributed by atoms with Crippen LogP contribution in [0.3, 0.4) is 0 Å². The largest absolute Gasteiger partial charge is 0.469 e. The van der Waals surface area contributed by atoms with E-state index in [1.807, 2.05) is 6.07 Å². The molecule has 1 spiro atoms. The summed E-state index contributed by atoms with van der Waals surface area (Å²) in [5.74, 6) is -10.4. The average molecular weight is 579 g/mol. The number of hydrogen-bond donors (Lipinski definition) is 0. The van der Waals surface area contributed by atoms with Gasteiger partial charge in [0, 0.05) is 12.2 Å². The number of fused-ring (bicyclic) bond motifs is 1. The van der Waals surface area contributed by atoms with E-state index in [9.17, 15) is 24.0 Å². The first kappa shape index (κ1) is 28.8. The summed E-state index contributed by atoms with van der Waals surface area (Å²) in [6.07, 6.45) is 0. The second-order valence-electron chi connectivity index (χ2n) is 10.0. The summed E-state index contributed by atoms with van der Waals surface area (Å²) < 4.78 is 26.9. The Labute approximate surface area is 241 Å². The normalized spacial score (nSPS) is 27.8. The van der Waals surface area contributed by atoms with Crippen molar-refractivity contribution in [3.05, 3.63) is 83.1 Å². The maximum atomic E-state index is 14.7. The van der Waals surface area contributed by atoms with Crippen molar-refractivity contribution < 1.29 is 47.7 Å². The number of carbonyl (C=O) groups excluding carboxylic acids is 5. The van der Waals surface area contributed by atoms with Crippen LogP contribution in [0, 0.1) is 11.8 Å². The van der Waals surface area contributed by atoms with Gasteiger partial charge in [0.2, 0.25) is 5.85 Å². The number of ether oxygens (including phenoxy) is 5. The zero-order chi connectivity index (χ0) is 30.4. The number of amides is 1. The lowest BCUT2D eigenvalue weighted by molar-refractivity contribution is -0.232. The number of esters is 4. The van der Waals surface area contributed by atoms with Crippen LogP contribution < -0.4 is 0 Å². The van der Waals surface area contributed by atoms with Crippen molar-refractivity contribution in [2.24, 2.45) is 11.8 Å². The molecule has 42 heavy (non-hydrogen) atoms. The molecule has 1 amide bonds. The van der Waals surface area contributed by atoms with Gasteiger partial charge in [0.25, 0.3) is 11.5 Å². The summed E-state index contributed by atoms with van der Waals surface area (Å²) in [6.45, 7) is 1.63. The molecule has 220 valence electrons. The van der Waals surface area contributed by atoms with Crippen LogP contribution in [0.2, 0.25) is 0 Å². The summed E-state index contributed by atoms with van der Waals surface area (Å²) >= 11 is 0. The molecule has 0 radical (unpaired) electrons. The van der Waals surface area contributed by atoms with Crippen LogP contribution in [-0.2, 0) is 54.2 Å². The van der Waals surface area contributed by atoms with Crippen LogP contribution in [0.15, 0.2) is 71.9 Å². The quantitative estimate of drug-likeness (QED) is 0.270. The highest BCUT2D eigenvalue weighted by Gasteiger charge is 2.87. The molecule has 2 aromatic carbocycles. The number of benzene rings is 2. The summed E-state index contributed by atoms with van der Waals surface area (Å²) in [4.78, 5) is 71.6. The van der Waals surface area contributed by atoms with Gasteiger partial charge in [0.05, 0.1) is 40.1 Å². The molecule has 0 aromatic heterocycles. The van der Waals surface area contributed by atoms with E-state index in [0.29, 0.717) is 16.8 Å². The molecule has 3 aliphatic rings. The fraction of sp³-hybridized carbons (Fsp3) is 0.367. The fourth-order valence-electron chi connectivity index (χ4n) is 6.46. The van der Waals surface area contributed by atoms with E-state index < -0.39 is 59.1 Å². The molecule has 0 N–H and O–H groups in total. The van der Waals surface area contributed by atoms with Gasteiger partial charge in [-0.15, -0.1) is 0 Å². The molecule has 0 saturated carbocycles. The lowest BCUT2D eigenvalue weighted by Gasteiger charge is -2.55. The summed E-state index contributed by atoms with van der Waals surface area (Å²) in [7, 11) is 4.45. The first-order valence-electron chi connectivity index (χ1n) is 13.1. The molecule has 12 heteroatoms. The molecule has 1 unspecified atom stereocenters. The van der Waals surface area contributed by atoms with Crippen molar-refractivity contribution in [2.45, 2.75) is 31.0 Å². The Kier molecular flexibility index (Phi) is 7.27. The van der Waals surface area contributed by atoms with Gasteiger partial charge in [0.1, 0.15) is 11.8 Å². The molecule has 12 nitrogen and oxygen atoms in total. The highest BCUT2D eigenvalue weighted by atomic mass is 16.6. The number of methoxy groups -OCH3 is 4. The molecule has 5 rings (SSSR count). The van der Waals surface area contributed by atoms with E-state index in [-0.39, 0.29) is 12.1 Å². The maximum Gasteiger partial charge on any atom is 0.349 e. The minimum absolute atomic E-state index is 0.00288. The zero-order valence-electron chi connectivity index (χ0n) is 23.7. The van der Waals surface area contributed by atoms with Crippen LogP contribution in [0.1, 0.15) is 24.1 Å². The molecule has 5 atom stereocenters. The molecule has 2 bridgehead atoms. The minimum atomic E-state index is -2.63. The predicted molar refractivity (Wildman–Crippen MR) is 142 cm³/mol. The maximum absolute atomic E-state index is 14.7. The van der Waals surface area contributed by atoms with E-state index in [1.54, 1.807) is 61.5 Å². The molecular weight excluding hydrogens is 548 g/mol. The Morgan fingerprint density at radius 1 is 0.810 bits per heavy atom. The van der Waals surface area contributed by atoms with Gasteiger partial charge >= 0.3 is 23.9 Å². The number of piperidine rings is 1. The molecule has 2 aromatic rings. The predicted octanol–water partition coefficient (Wildman–Crippen LogP) is 1.71. The van der Waals surface area contributed by atoms with E-state index in [2.05, 4.69) is 0 Å². The highest BCUT2D eigenvalue weighted by molar-refractivity contribution is 6.14. The SMILES string of the molecule is COC(=O)C1=C(C)N(Cc2ccccc2)[C@]23O[C@](C(=O)OC)(C(=O)N2C1c1ccccc1)[C@@H](C(=O)OC)[C@H]3C(=O)OC. The topological polar surface area (TPSA) is 138 Å². The van der Waals surface area contributed by atoms with Crippen molar-refractivity contribution in [1.82, 2.24) is 9.80 Å². The molecular formula is C30H30N2O10. The number of carbonyl (C=O) groups is 5. The number of rotatable bonds is 7. The monoisotopic (exact) mass is 578 g/mol. The Balaban J connectivity index is 1.91. The van der Waals surface area contributed by atoms with Crippen LogP contribution in [0.5, 0.6) is 0 Å². The van der Waals surface area contributed by atoms with Crippen molar-refractivity contribution in [3.63, 3.8) is 0 Å². The lowest BCUT2D eigenvalue weighted by Crippen LogP contribution is -2.72. The van der Waals surface area contributed by atoms with Crippen molar-refractivity contribution >= 4 is 29.8 Å². The van der Waals surface area contributed by atoms with E-state index >= 15 is 0 Å². The Hall–Kier alpha value is -4.71. The van der Waals surface area contributed by atoms with Gasteiger partial charge in [-0.25, -0.2) is 9.59 Å². The van der Waals surface area contributed by atoms with Crippen LogP contribution in [0.25, 0.3) is 0 Å². The van der Waals surface area contributed by atoms with Crippen LogP contribution >= 0.6 is 0 Å². The molecule has 3 aliphatic heterocycles. The zero-order valence-corrected chi connectivity index (χ0v) is 23.7. The Bertz CT molecular complexity index is 1480. The van der Waals surface area contributed by atoms with E-state index in [0.717, 1.165) is 21.3 Å². The summed E-state index contributed by atoms with van der Waals surface area (Å²) in [5.41, 5.74) is -1.07. The lowest BCUT2D eigenvalue weighted by atomic mass is 9.71. The molecule has 2 saturated heterocycles. The smallest absolute Gasteiger partial charge is 0.349 e. The van der Waals surface area contributed by atoms with Crippen molar-refractivity contribution in [2.75, 3.05) is 28.4 Å². The van der Waals surface area contributed by atoms with Gasteiger partial charge in [-0.2, -0.15) is 0 Å². The molecule has 3 heterocycles. The van der Waals surface area contributed by atoms with Gasteiger partial charge in [-0.1, -0.05) is 60.7 Å². The number of hydrogen-bond acceptors (Lipinski definition) is 11. The number of allylic oxidation sites excluding steroid dienone is 1. The Morgan fingerprint density at radius 3 is 1.93 bits per heavy atom. The second kappa shape index (κ2) is 10.6. The van der Waals surface area contributed by atoms with Crippen LogP contribution in [0.4, 0.5) is 0 Å². The third-order valence-corrected chi connectivity index (χ3v) is 8.19. The third-order valence-electron chi connectivity index (χ3n) is 8.19. The summed E-state index contributed by atoms with van der Waals surface area (Å²) in [6, 6.07) is 16.4. The van der Waals surface area contributed by atoms with Crippen molar-refractivity contribution in [1.29, 1.82) is 0 Å². The highest BCUT2D eigenvalue weighted by Crippen LogP contribution is 2.64. The first-order valence-corrected chi connectivity index (χ1v) is 13.1. The fourth-order valence-corrected chi connectivity index (χ4v) is 6.46. The van der Waals surface area contributed by atoms with Crippen molar-refractivity contribution in [3.8, 4) is 0 Å². The Morgan fingerprint density at radius 2 is 1.38 bits per heavy atom. The molecule has 0 aliphatic carbocycles. The van der Waals surface area contributed by atoms with Gasteiger partial charge in [-0.3, -0.25) is 19.3 Å². The third kappa shape index (κ3) is 3.74. The van der Waals surface area contributed by atoms with E-state index in [4.69, 9.17) is 23.7 Å². The second-order valence-corrected chi connectivity index (χ2v) is 10.0. The van der Waals surface area contributed by atoms with Gasteiger partial charge < -0.3 is 28.6 Å². The van der Waals surface area contributed by atoms with Gasteiger partial charge in [-0.05, 0) is 18.1 Å².